The Hall–Kier alpha value is -1.38. The molecule has 2 atom stereocenters. The quantitative estimate of drug-likeness (QED) is 0.671. The molecule has 0 aromatic heterocycles. The van der Waals surface area contributed by atoms with Crippen LogP contribution in [0, 0.1) is 5.82 Å². The Morgan fingerprint density at radius 2 is 1.86 bits per heavy atom. The van der Waals surface area contributed by atoms with Gasteiger partial charge in [0.25, 0.3) is 0 Å². The van der Waals surface area contributed by atoms with Crippen molar-refractivity contribution >= 4 is 5.90 Å². The first-order chi connectivity index (χ1) is 6.66. The summed E-state index contributed by atoms with van der Waals surface area (Å²) in [5.74, 6) is 0.374. The number of benzene rings is 1. The molecule has 3 heteroatoms. The molecule has 0 radical (unpaired) electrons. The minimum Gasteiger partial charge on any atom is -0.472 e. The predicted octanol–water partition coefficient (Wildman–Crippen LogP) is 2.38. The summed E-state index contributed by atoms with van der Waals surface area (Å²) in [5, 5.41) is 0. The molecule has 1 aromatic carbocycles. The second-order valence-corrected chi connectivity index (χ2v) is 3.50. The van der Waals surface area contributed by atoms with Crippen LogP contribution >= 0.6 is 0 Å². The summed E-state index contributed by atoms with van der Waals surface area (Å²) in [5.41, 5.74) is 0.836. The zero-order chi connectivity index (χ0) is 10.1. The zero-order valence-corrected chi connectivity index (χ0v) is 8.20. The van der Waals surface area contributed by atoms with Gasteiger partial charge in [-0.1, -0.05) is 0 Å². The summed E-state index contributed by atoms with van der Waals surface area (Å²) >= 11 is 0. The molecule has 14 heavy (non-hydrogen) atoms. The Labute approximate surface area is 82.4 Å². The van der Waals surface area contributed by atoms with Crippen molar-refractivity contribution in [3.05, 3.63) is 35.6 Å². The average Bonchev–Trinajstić information content (AvgIpc) is 2.48. The highest BCUT2D eigenvalue weighted by atomic mass is 19.1. The van der Waals surface area contributed by atoms with Gasteiger partial charge in [0.15, 0.2) is 0 Å². The fraction of sp³-hybridized carbons (Fsp3) is 0.364. The molecule has 0 spiro atoms. The maximum Gasteiger partial charge on any atom is 0.216 e. The Kier molecular flexibility index (Phi) is 2.23. The SMILES string of the molecule is CC1N=C(c2ccc(F)cc2)OC1C. The maximum absolute atomic E-state index is 12.6. The van der Waals surface area contributed by atoms with Crippen molar-refractivity contribution in [2.24, 2.45) is 4.99 Å². The highest BCUT2D eigenvalue weighted by molar-refractivity contribution is 5.95. The summed E-state index contributed by atoms with van der Waals surface area (Å²) < 4.78 is 18.2. The molecule has 0 fully saturated rings. The van der Waals surface area contributed by atoms with E-state index in [-0.39, 0.29) is 18.0 Å². The summed E-state index contributed by atoms with van der Waals surface area (Å²) in [4.78, 5) is 4.34. The van der Waals surface area contributed by atoms with E-state index in [0.717, 1.165) is 5.56 Å². The Morgan fingerprint density at radius 3 is 2.36 bits per heavy atom. The molecule has 1 aromatic rings. The lowest BCUT2D eigenvalue weighted by atomic mass is 10.2. The van der Waals surface area contributed by atoms with Crippen LogP contribution in [-0.4, -0.2) is 18.0 Å². The zero-order valence-electron chi connectivity index (χ0n) is 8.20. The van der Waals surface area contributed by atoms with Crippen molar-refractivity contribution in [3.63, 3.8) is 0 Å². The molecule has 1 aliphatic rings. The fourth-order valence-corrected chi connectivity index (χ4v) is 1.33. The lowest BCUT2D eigenvalue weighted by Gasteiger charge is -2.07. The van der Waals surface area contributed by atoms with E-state index < -0.39 is 0 Å². The van der Waals surface area contributed by atoms with Gasteiger partial charge in [-0.3, -0.25) is 0 Å². The van der Waals surface area contributed by atoms with Crippen molar-refractivity contribution in [2.45, 2.75) is 26.0 Å². The van der Waals surface area contributed by atoms with Gasteiger partial charge in [0, 0.05) is 5.56 Å². The van der Waals surface area contributed by atoms with Crippen molar-refractivity contribution in [2.75, 3.05) is 0 Å². The lowest BCUT2D eigenvalue weighted by Crippen LogP contribution is -2.14. The smallest absolute Gasteiger partial charge is 0.216 e. The highest BCUT2D eigenvalue weighted by Gasteiger charge is 2.23. The number of halogens is 1. The molecule has 2 rings (SSSR count). The number of nitrogens with zero attached hydrogens (tertiary/aromatic N) is 1. The molecule has 1 aliphatic heterocycles. The van der Waals surface area contributed by atoms with Gasteiger partial charge in [-0.15, -0.1) is 0 Å². The fourth-order valence-electron chi connectivity index (χ4n) is 1.33. The molecule has 1 heterocycles. The molecule has 0 saturated carbocycles. The molecule has 0 aliphatic carbocycles. The van der Waals surface area contributed by atoms with E-state index in [9.17, 15) is 4.39 Å². The van der Waals surface area contributed by atoms with Crippen LogP contribution in [0.2, 0.25) is 0 Å². The van der Waals surface area contributed by atoms with E-state index >= 15 is 0 Å². The minimum absolute atomic E-state index is 0.107. The van der Waals surface area contributed by atoms with Gasteiger partial charge in [0.05, 0.1) is 6.04 Å². The van der Waals surface area contributed by atoms with Crippen LogP contribution < -0.4 is 0 Å². The van der Waals surface area contributed by atoms with Crippen LogP contribution in [0.25, 0.3) is 0 Å². The van der Waals surface area contributed by atoms with Gasteiger partial charge in [0.1, 0.15) is 11.9 Å². The van der Waals surface area contributed by atoms with Gasteiger partial charge in [0.2, 0.25) is 5.90 Å². The monoisotopic (exact) mass is 193 g/mol. The first-order valence-corrected chi connectivity index (χ1v) is 4.67. The minimum atomic E-state index is -0.242. The molecule has 2 unspecified atom stereocenters. The van der Waals surface area contributed by atoms with Crippen LogP contribution in [0.3, 0.4) is 0 Å². The van der Waals surface area contributed by atoms with Gasteiger partial charge in [-0.2, -0.15) is 0 Å². The van der Waals surface area contributed by atoms with E-state index in [4.69, 9.17) is 4.74 Å². The molecule has 0 amide bonds. The number of hydrogen-bond acceptors (Lipinski definition) is 2. The van der Waals surface area contributed by atoms with Gasteiger partial charge >= 0.3 is 0 Å². The number of hydrogen-bond donors (Lipinski definition) is 0. The third-order valence-corrected chi connectivity index (χ3v) is 2.39. The van der Waals surface area contributed by atoms with E-state index in [0.29, 0.717) is 5.90 Å². The summed E-state index contributed by atoms with van der Waals surface area (Å²) in [6.45, 7) is 3.98. The largest absolute Gasteiger partial charge is 0.472 e. The van der Waals surface area contributed by atoms with Gasteiger partial charge in [-0.05, 0) is 38.1 Å². The third kappa shape index (κ3) is 1.62. The lowest BCUT2D eigenvalue weighted by molar-refractivity contribution is 0.219. The van der Waals surface area contributed by atoms with Crippen LogP contribution in [0.1, 0.15) is 19.4 Å². The predicted molar refractivity (Wildman–Crippen MR) is 52.9 cm³/mol. The molecule has 2 nitrogen and oxygen atoms in total. The van der Waals surface area contributed by atoms with Crippen LogP contribution in [0.15, 0.2) is 29.3 Å². The molecule has 0 saturated heterocycles. The van der Waals surface area contributed by atoms with Crippen molar-refractivity contribution in [1.29, 1.82) is 0 Å². The second-order valence-electron chi connectivity index (χ2n) is 3.50. The summed E-state index contributed by atoms with van der Waals surface area (Å²) in [6.07, 6.45) is 0.107. The molecular weight excluding hydrogens is 181 g/mol. The molecule has 0 N–H and O–H groups in total. The van der Waals surface area contributed by atoms with Crippen LogP contribution in [-0.2, 0) is 4.74 Å². The topological polar surface area (TPSA) is 21.6 Å². The van der Waals surface area contributed by atoms with E-state index in [1.165, 1.54) is 12.1 Å². The van der Waals surface area contributed by atoms with Crippen molar-refractivity contribution < 1.29 is 9.13 Å². The molecular formula is C11H12FNO. The molecule has 0 bridgehead atoms. The normalized spacial score (nSPS) is 25.8. The van der Waals surface area contributed by atoms with E-state index in [2.05, 4.69) is 4.99 Å². The van der Waals surface area contributed by atoms with Crippen LogP contribution in [0.4, 0.5) is 4.39 Å². The maximum atomic E-state index is 12.6. The van der Waals surface area contributed by atoms with E-state index in [1.54, 1.807) is 12.1 Å². The standard InChI is InChI=1S/C11H12FNO/c1-7-8(2)14-11(13-7)9-3-5-10(12)6-4-9/h3-8H,1-2H3. The third-order valence-electron chi connectivity index (χ3n) is 2.39. The number of rotatable bonds is 1. The van der Waals surface area contributed by atoms with Crippen molar-refractivity contribution in [3.8, 4) is 0 Å². The van der Waals surface area contributed by atoms with E-state index in [1.807, 2.05) is 13.8 Å². The first-order valence-electron chi connectivity index (χ1n) is 4.67. The summed E-state index contributed by atoms with van der Waals surface area (Å²) in [7, 11) is 0. The Bertz CT molecular complexity index is 358. The highest BCUT2D eigenvalue weighted by Crippen LogP contribution is 2.17. The van der Waals surface area contributed by atoms with Crippen LogP contribution in [0.5, 0.6) is 0 Å². The Morgan fingerprint density at radius 1 is 1.21 bits per heavy atom. The van der Waals surface area contributed by atoms with Crippen molar-refractivity contribution in [1.82, 2.24) is 0 Å². The number of ether oxygens (including phenoxy) is 1. The molecule has 74 valence electrons. The Balaban J connectivity index is 2.25. The van der Waals surface area contributed by atoms with Gasteiger partial charge in [-0.25, -0.2) is 9.38 Å². The van der Waals surface area contributed by atoms with Gasteiger partial charge < -0.3 is 4.74 Å². The second kappa shape index (κ2) is 3.40. The number of aliphatic imine (C=N–C) groups is 1. The first kappa shape index (κ1) is 9.19. The summed E-state index contributed by atoms with van der Waals surface area (Å²) in [6, 6.07) is 6.36. The average molecular weight is 193 g/mol.